The first-order valence-electron chi connectivity index (χ1n) is 7.27. The van der Waals surface area contributed by atoms with Crippen LogP contribution in [-0.2, 0) is 17.9 Å². The predicted octanol–water partition coefficient (Wildman–Crippen LogP) is 3.25. The molecule has 3 aromatic rings. The summed E-state index contributed by atoms with van der Waals surface area (Å²) in [5.74, 6) is 0.542. The molecule has 1 aromatic carbocycles. The molecule has 0 saturated carbocycles. The number of amides is 1. The van der Waals surface area contributed by atoms with E-state index in [4.69, 9.17) is 14.9 Å². The normalized spacial score (nSPS) is 10.9. The van der Waals surface area contributed by atoms with Gasteiger partial charge in [0.25, 0.3) is 5.91 Å². The van der Waals surface area contributed by atoms with Crippen molar-refractivity contribution in [3.05, 3.63) is 57.9 Å². The molecule has 3 rings (SSSR count). The largest absolute Gasteiger partial charge is 0.459 e. The number of fused-ring (bicyclic) bond motifs is 1. The van der Waals surface area contributed by atoms with Gasteiger partial charge in [0, 0.05) is 17.0 Å². The molecule has 6 nitrogen and oxygen atoms in total. The van der Waals surface area contributed by atoms with E-state index in [1.54, 1.807) is 19.2 Å². The minimum Gasteiger partial charge on any atom is -0.459 e. The lowest BCUT2D eigenvalue weighted by Crippen LogP contribution is -2.24. The number of ether oxygens (including phenoxy) is 1. The second kappa shape index (κ2) is 7.02. The van der Waals surface area contributed by atoms with Crippen molar-refractivity contribution in [1.29, 1.82) is 0 Å². The van der Waals surface area contributed by atoms with E-state index in [0.29, 0.717) is 23.6 Å². The molecule has 0 bridgehead atoms. The van der Waals surface area contributed by atoms with Gasteiger partial charge in [0.15, 0.2) is 0 Å². The second-order valence-corrected chi connectivity index (χ2v) is 6.16. The third kappa shape index (κ3) is 3.58. The second-order valence-electron chi connectivity index (χ2n) is 5.25. The summed E-state index contributed by atoms with van der Waals surface area (Å²) in [7, 11) is 1.57. The molecule has 3 N–H and O–H groups in total. The molecule has 0 fully saturated rings. The highest BCUT2D eigenvalue weighted by Gasteiger charge is 2.12. The summed E-state index contributed by atoms with van der Waals surface area (Å²) in [5.41, 5.74) is 7.62. The Kier molecular flexibility index (Phi) is 4.82. The molecule has 24 heavy (non-hydrogen) atoms. The molecule has 2 heterocycles. The number of hydrogen-bond donors (Lipinski definition) is 2. The number of carbonyl (C=O) groups is 1. The fraction of sp³-hybridized carbons (Fsp3) is 0.176. The summed E-state index contributed by atoms with van der Waals surface area (Å²) >= 11 is 3.42. The van der Waals surface area contributed by atoms with Crippen LogP contribution in [0.3, 0.4) is 0 Å². The number of methoxy groups -OCH3 is 1. The average molecular weight is 390 g/mol. The van der Waals surface area contributed by atoms with E-state index in [1.807, 2.05) is 24.3 Å². The van der Waals surface area contributed by atoms with Crippen LogP contribution in [0, 0.1) is 0 Å². The zero-order chi connectivity index (χ0) is 17.1. The zero-order valence-electron chi connectivity index (χ0n) is 13.0. The lowest BCUT2D eigenvalue weighted by molar-refractivity contribution is 0.0948. The lowest BCUT2D eigenvalue weighted by atomic mass is 10.2. The maximum atomic E-state index is 12.3. The Labute approximate surface area is 147 Å². The number of hydrogen-bond acceptors (Lipinski definition) is 5. The first kappa shape index (κ1) is 16.5. The van der Waals surface area contributed by atoms with Crippen LogP contribution in [-0.4, -0.2) is 18.0 Å². The molecule has 0 atom stereocenters. The number of nitrogens with zero attached hydrogens (tertiary/aromatic N) is 1. The molecule has 0 aliphatic carbocycles. The molecule has 7 heteroatoms. The van der Waals surface area contributed by atoms with Gasteiger partial charge in [0.05, 0.1) is 24.4 Å². The Balaban J connectivity index is 1.70. The number of carbonyl (C=O) groups excluding carboxylic acids is 1. The van der Waals surface area contributed by atoms with Crippen molar-refractivity contribution >= 4 is 38.6 Å². The van der Waals surface area contributed by atoms with E-state index in [-0.39, 0.29) is 18.3 Å². The van der Waals surface area contributed by atoms with E-state index in [0.717, 1.165) is 15.4 Å². The van der Waals surface area contributed by atoms with E-state index in [1.165, 1.54) is 0 Å². The maximum absolute atomic E-state index is 12.3. The minimum atomic E-state index is -0.300. The number of rotatable bonds is 5. The Morgan fingerprint density at radius 3 is 2.92 bits per heavy atom. The van der Waals surface area contributed by atoms with Crippen LogP contribution in [0.15, 0.2) is 45.3 Å². The monoisotopic (exact) mass is 389 g/mol. The van der Waals surface area contributed by atoms with Gasteiger partial charge in [-0.1, -0.05) is 15.9 Å². The van der Waals surface area contributed by atoms with Gasteiger partial charge >= 0.3 is 0 Å². The van der Waals surface area contributed by atoms with E-state index in [2.05, 4.69) is 26.2 Å². The van der Waals surface area contributed by atoms with Gasteiger partial charge < -0.3 is 20.2 Å². The summed E-state index contributed by atoms with van der Waals surface area (Å²) in [4.78, 5) is 16.4. The predicted molar refractivity (Wildman–Crippen MR) is 94.4 cm³/mol. The third-order valence-electron chi connectivity index (χ3n) is 3.47. The van der Waals surface area contributed by atoms with Gasteiger partial charge in [-0.25, -0.2) is 4.98 Å². The summed E-state index contributed by atoms with van der Waals surface area (Å²) in [6, 6.07) is 11.0. The summed E-state index contributed by atoms with van der Waals surface area (Å²) in [6.45, 7) is 0.616. The first-order chi connectivity index (χ1) is 11.6. The highest BCUT2D eigenvalue weighted by atomic mass is 79.9. The molecule has 0 aliphatic heterocycles. The van der Waals surface area contributed by atoms with Crippen molar-refractivity contribution in [2.75, 3.05) is 12.8 Å². The minimum absolute atomic E-state index is 0.176. The number of furan rings is 1. The molecule has 0 spiro atoms. The van der Waals surface area contributed by atoms with Crippen molar-refractivity contribution in [1.82, 2.24) is 10.3 Å². The number of nitrogen functional groups attached to an aromatic ring is 1. The molecular formula is C17H16BrN3O3. The quantitative estimate of drug-likeness (QED) is 0.698. The lowest BCUT2D eigenvalue weighted by Gasteiger charge is -2.07. The van der Waals surface area contributed by atoms with Gasteiger partial charge in [-0.2, -0.15) is 0 Å². The fourth-order valence-corrected chi connectivity index (χ4v) is 2.74. The number of aromatic nitrogens is 1. The van der Waals surface area contributed by atoms with Gasteiger partial charge in [0.1, 0.15) is 17.2 Å². The van der Waals surface area contributed by atoms with Crippen molar-refractivity contribution in [2.45, 2.75) is 13.2 Å². The van der Waals surface area contributed by atoms with Crippen molar-refractivity contribution in [3.63, 3.8) is 0 Å². The average Bonchev–Trinajstić information content (AvgIpc) is 2.95. The molecule has 0 aliphatic rings. The molecular weight excluding hydrogens is 374 g/mol. The third-order valence-corrected chi connectivity index (χ3v) is 3.97. The number of anilines is 1. The molecule has 124 valence electrons. The van der Waals surface area contributed by atoms with Crippen LogP contribution in [0.1, 0.15) is 21.8 Å². The molecule has 1 amide bonds. The zero-order valence-corrected chi connectivity index (χ0v) is 14.6. The Morgan fingerprint density at radius 1 is 1.33 bits per heavy atom. The summed E-state index contributed by atoms with van der Waals surface area (Å²) in [6.07, 6.45) is 0. The number of benzene rings is 1. The summed E-state index contributed by atoms with van der Waals surface area (Å²) < 4.78 is 11.7. The van der Waals surface area contributed by atoms with Crippen LogP contribution < -0.4 is 11.1 Å². The van der Waals surface area contributed by atoms with Crippen LogP contribution in [0.2, 0.25) is 0 Å². The van der Waals surface area contributed by atoms with Gasteiger partial charge in [-0.05, 0) is 36.4 Å². The van der Waals surface area contributed by atoms with Crippen molar-refractivity contribution in [2.24, 2.45) is 0 Å². The molecule has 0 saturated heterocycles. The Hall–Kier alpha value is -2.38. The summed E-state index contributed by atoms with van der Waals surface area (Å²) in [5, 5.41) is 3.76. The smallest absolute Gasteiger partial charge is 0.255 e. The Morgan fingerprint density at radius 2 is 2.17 bits per heavy atom. The van der Waals surface area contributed by atoms with E-state index < -0.39 is 0 Å². The first-order valence-corrected chi connectivity index (χ1v) is 8.06. The fourth-order valence-electron chi connectivity index (χ4n) is 2.36. The SMILES string of the molecule is COCc1ccc(C(=O)NCc2cc3cc(Br)ccc3o2)c(N)n1. The number of nitrogens with one attached hydrogen (secondary N) is 1. The number of pyridine rings is 1. The number of halogens is 1. The topological polar surface area (TPSA) is 90.4 Å². The van der Waals surface area contributed by atoms with E-state index >= 15 is 0 Å². The van der Waals surface area contributed by atoms with Crippen LogP contribution >= 0.6 is 15.9 Å². The molecule has 0 radical (unpaired) electrons. The highest BCUT2D eigenvalue weighted by molar-refractivity contribution is 9.10. The molecule has 2 aromatic heterocycles. The molecule has 0 unspecified atom stereocenters. The van der Waals surface area contributed by atoms with Gasteiger partial charge in [-0.15, -0.1) is 0 Å². The van der Waals surface area contributed by atoms with E-state index in [9.17, 15) is 4.79 Å². The number of nitrogens with two attached hydrogens (primary N) is 1. The van der Waals surface area contributed by atoms with Crippen LogP contribution in [0.4, 0.5) is 5.82 Å². The Bertz CT molecular complexity index is 892. The van der Waals surface area contributed by atoms with Crippen molar-refractivity contribution in [3.8, 4) is 0 Å². The van der Waals surface area contributed by atoms with Crippen molar-refractivity contribution < 1.29 is 13.9 Å². The van der Waals surface area contributed by atoms with Gasteiger partial charge in [0.2, 0.25) is 0 Å². The van der Waals surface area contributed by atoms with Crippen LogP contribution in [0.5, 0.6) is 0 Å². The highest BCUT2D eigenvalue weighted by Crippen LogP contribution is 2.23. The maximum Gasteiger partial charge on any atom is 0.255 e. The standard InChI is InChI=1S/C17H16BrN3O3/c1-23-9-12-3-4-14(16(19)21-12)17(22)20-8-13-7-10-6-11(18)2-5-15(10)24-13/h2-7H,8-9H2,1H3,(H2,19,21)(H,20,22). The van der Waals surface area contributed by atoms with Gasteiger partial charge in [-0.3, -0.25) is 4.79 Å². The van der Waals surface area contributed by atoms with Crippen LogP contribution in [0.25, 0.3) is 11.0 Å².